The van der Waals surface area contributed by atoms with Crippen molar-refractivity contribution >= 4 is 6.09 Å². The summed E-state index contributed by atoms with van der Waals surface area (Å²) < 4.78 is 17.0. The first kappa shape index (κ1) is 21.8. The number of benzene rings is 2. The van der Waals surface area contributed by atoms with Crippen LogP contribution in [0.5, 0.6) is 0 Å². The van der Waals surface area contributed by atoms with Gasteiger partial charge in [-0.1, -0.05) is 60.7 Å². The molecule has 0 spiro atoms. The average Bonchev–Trinajstić information content (AvgIpc) is 2.78. The van der Waals surface area contributed by atoms with Crippen LogP contribution >= 0.6 is 0 Å². The van der Waals surface area contributed by atoms with Gasteiger partial charge in [0, 0.05) is 6.61 Å². The van der Waals surface area contributed by atoms with Gasteiger partial charge in [0.2, 0.25) is 0 Å². The molecule has 2 atom stereocenters. The van der Waals surface area contributed by atoms with Gasteiger partial charge in [-0.2, -0.15) is 0 Å². The summed E-state index contributed by atoms with van der Waals surface area (Å²) in [6.07, 6.45) is 2.12. The molecule has 1 amide bonds. The highest BCUT2D eigenvalue weighted by atomic mass is 16.6. The number of nitrogens with zero attached hydrogens (tertiary/aromatic N) is 1. The number of morpholine rings is 1. The van der Waals surface area contributed by atoms with E-state index in [1.54, 1.807) is 4.90 Å². The summed E-state index contributed by atoms with van der Waals surface area (Å²) in [6, 6.07) is 19.4. The lowest BCUT2D eigenvalue weighted by atomic mass is 9.78. The van der Waals surface area contributed by atoms with E-state index in [0.29, 0.717) is 45.7 Å². The third-order valence-corrected chi connectivity index (χ3v) is 6.10. The van der Waals surface area contributed by atoms with Crippen molar-refractivity contribution in [3.05, 3.63) is 71.8 Å². The van der Waals surface area contributed by atoms with Crippen LogP contribution in [0.15, 0.2) is 60.7 Å². The Hall–Kier alpha value is -2.41. The van der Waals surface area contributed by atoms with Gasteiger partial charge in [-0.3, -0.25) is 4.90 Å². The van der Waals surface area contributed by atoms with Gasteiger partial charge < -0.3 is 19.3 Å². The van der Waals surface area contributed by atoms with Crippen LogP contribution in [0.2, 0.25) is 0 Å². The van der Waals surface area contributed by atoms with Gasteiger partial charge in [-0.15, -0.1) is 0 Å². The fourth-order valence-electron chi connectivity index (χ4n) is 4.64. The number of carbonyl (C=O) groups is 1. The summed E-state index contributed by atoms with van der Waals surface area (Å²) in [7, 11) is 0. The van der Waals surface area contributed by atoms with E-state index >= 15 is 0 Å². The number of piperidine rings is 1. The number of fused-ring (bicyclic) bond motifs is 2. The highest BCUT2D eigenvalue weighted by Gasteiger charge is 2.48. The molecule has 2 heterocycles. The molecule has 6 nitrogen and oxygen atoms in total. The predicted molar refractivity (Wildman–Crippen MR) is 116 cm³/mol. The molecule has 166 valence electrons. The first-order valence-electron chi connectivity index (χ1n) is 11.0. The Morgan fingerprint density at radius 3 is 2.16 bits per heavy atom. The Balaban J connectivity index is 1.25. The van der Waals surface area contributed by atoms with Crippen molar-refractivity contribution in [3.8, 4) is 0 Å². The van der Waals surface area contributed by atoms with Crippen LogP contribution in [0.25, 0.3) is 0 Å². The Morgan fingerprint density at radius 1 is 0.968 bits per heavy atom. The van der Waals surface area contributed by atoms with E-state index in [0.717, 1.165) is 17.5 Å². The van der Waals surface area contributed by atoms with Crippen molar-refractivity contribution in [3.63, 3.8) is 0 Å². The molecule has 2 unspecified atom stereocenters. The largest absolute Gasteiger partial charge is 0.445 e. The van der Waals surface area contributed by atoms with Crippen molar-refractivity contribution in [2.45, 2.75) is 56.6 Å². The number of ether oxygens (including phenoxy) is 3. The lowest BCUT2D eigenvalue weighted by molar-refractivity contribution is -0.137. The third-order valence-electron chi connectivity index (χ3n) is 6.10. The van der Waals surface area contributed by atoms with E-state index in [1.165, 1.54) is 0 Å². The molecule has 2 aromatic rings. The van der Waals surface area contributed by atoms with Crippen molar-refractivity contribution in [2.24, 2.45) is 0 Å². The van der Waals surface area contributed by atoms with Crippen LogP contribution in [0.3, 0.4) is 0 Å². The second kappa shape index (κ2) is 10.3. The molecule has 2 aliphatic heterocycles. The molecule has 0 radical (unpaired) electrons. The van der Waals surface area contributed by atoms with Crippen LogP contribution in [0.1, 0.15) is 36.8 Å². The second-order valence-electron chi connectivity index (χ2n) is 8.57. The van der Waals surface area contributed by atoms with E-state index in [2.05, 4.69) is 0 Å². The van der Waals surface area contributed by atoms with E-state index in [4.69, 9.17) is 14.2 Å². The summed E-state index contributed by atoms with van der Waals surface area (Å²) in [5, 5.41) is 11.2. The van der Waals surface area contributed by atoms with Gasteiger partial charge in [0.1, 0.15) is 6.61 Å². The maximum Gasteiger partial charge on any atom is 0.410 e. The summed E-state index contributed by atoms with van der Waals surface area (Å²) in [5.74, 6) is 0. The van der Waals surface area contributed by atoms with E-state index in [-0.39, 0.29) is 24.8 Å². The molecule has 0 aromatic heterocycles. The molecule has 2 aromatic carbocycles. The first-order valence-corrected chi connectivity index (χ1v) is 11.0. The summed E-state index contributed by atoms with van der Waals surface area (Å²) >= 11 is 0. The topological polar surface area (TPSA) is 68.2 Å². The average molecular weight is 426 g/mol. The summed E-state index contributed by atoms with van der Waals surface area (Å²) in [6.45, 7) is 2.30. The number of aliphatic hydroxyl groups is 1. The second-order valence-corrected chi connectivity index (χ2v) is 8.57. The molecule has 1 N–H and O–H groups in total. The van der Waals surface area contributed by atoms with Crippen LogP contribution in [0.4, 0.5) is 4.79 Å². The summed E-state index contributed by atoms with van der Waals surface area (Å²) in [4.78, 5) is 14.6. The van der Waals surface area contributed by atoms with Crippen LogP contribution in [-0.4, -0.2) is 53.6 Å². The number of hydrogen-bond acceptors (Lipinski definition) is 5. The maximum atomic E-state index is 12.8. The molecular formula is C25H31NO5. The van der Waals surface area contributed by atoms with Gasteiger partial charge in [0.15, 0.2) is 0 Å². The number of hydrogen-bond donors (Lipinski definition) is 1. The smallest absolute Gasteiger partial charge is 0.410 e. The van der Waals surface area contributed by atoms with Gasteiger partial charge in [0.25, 0.3) is 0 Å². The monoisotopic (exact) mass is 425 g/mol. The quantitative estimate of drug-likeness (QED) is 0.650. The highest BCUT2D eigenvalue weighted by molar-refractivity contribution is 5.69. The fourth-order valence-corrected chi connectivity index (χ4v) is 4.64. The Bertz CT molecular complexity index is 814. The lowest BCUT2D eigenvalue weighted by Crippen LogP contribution is -2.63. The molecule has 2 bridgehead atoms. The zero-order valence-electron chi connectivity index (χ0n) is 17.8. The zero-order chi connectivity index (χ0) is 21.5. The molecule has 31 heavy (non-hydrogen) atoms. The van der Waals surface area contributed by atoms with Crippen molar-refractivity contribution < 1.29 is 24.1 Å². The number of carbonyl (C=O) groups excluding carboxylic acids is 1. The van der Waals surface area contributed by atoms with Gasteiger partial charge in [0.05, 0.1) is 37.5 Å². The van der Waals surface area contributed by atoms with Crippen LogP contribution in [0, 0.1) is 0 Å². The maximum absolute atomic E-state index is 12.8. The Labute approximate surface area is 183 Å². The highest BCUT2D eigenvalue weighted by Crippen LogP contribution is 2.37. The normalized spacial score (nSPS) is 25.3. The van der Waals surface area contributed by atoms with E-state index in [9.17, 15) is 9.90 Å². The molecule has 2 saturated heterocycles. The van der Waals surface area contributed by atoms with Gasteiger partial charge in [-0.25, -0.2) is 4.79 Å². The van der Waals surface area contributed by atoms with Crippen molar-refractivity contribution in [2.75, 3.05) is 19.8 Å². The zero-order valence-corrected chi connectivity index (χ0v) is 17.8. The molecular weight excluding hydrogens is 394 g/mol. The summed E-state index contributed by atoms with van der Waals surface area (Å²) in [5.41, 5.74) is 1.31. The molecule has 6 heteroatoms. The van der Waals surface area contributed by atoms with Crippen LogP contribution in [-0.2, 0) is 27.4 Å². The van der Waals surface area contributed by atoms with Crippen molar-refractivity contribution in [1.82, 2.24) is 4.90 Å². The molecule has 2 aliphatic rings. The van der Waals surface area contributed by atoms with Gasteiger partial charge in [-0.05, 0) is 36.8 Å². The number of amides is 1. The molecule has 2 fully saturated rings. The predicted octanol–water partition coefficient (Wildman–Crippen LogP) is 3.91. The Morgan fingerprint density at radius 2 is 1.55 bits per heavy atom. The van der Waals surface area contributed by atoms with E-state index in [1.807, 2.05) is 60.7 Å². The van der Waals surface area contributed by atoms with Crippen LogP contribution < -0.4 is 0 Å². The minimum Gasteiger partial charge on any atom is -0.445 e. The standard InChI is InChI=1S/C25H31NO5/c27-24(31-17-21-10-5-2-6-11-21)26-22-14-25(28,15-23(26)19-30-18-22)12-7-13-29-16-20-8-3-1-4-9-20/h1-6,8-11,22-23,28H,7,12-19H2. The first-order chi connectivity index (χ1) is 15.1. The van der Waals surface area contributed by atoms with Gasteiger partial charge >= 0.3 is 6.09 Å². The molecule has 4 rings (SSSR count). The Kier molecular flexibility index (Phi) is 7.22. The third kappa shape index (κ3) is 5.85. The lowest BCUT2D eigenvalue weighted by Gasteiger charge is -2.51. The molecule has 0 saturated carbocycles. The fraction of sp³-hybridized carbons (Fsp3) is 0.480. The minimum atomic E-state index is -0.800. The minimum absolute atomic E-state index is 0.161. The molecule has 0 aliphatic carbocycles. The van der Waals surface area contributed by atoms with E-state index < -0.39 is 5.60 Å². The SMILES string of the molecule is O=C(OCc1ccccc1)N1C2COCC1CC(O)(CCCOCc1ccccc1)C2. The number of rotatable bonds is 8. The van der Waals surface area contributed by atoms with Crippen molar-refractivity contribution in [1.29, 1.82) is 0 Å².